The van der Waals surface area contributed by atoms with Gasteiger partial charge in [0.1, 0.15) is 5.82 Å². The Hall–Kier alpha value is -3.25. The Balaban J connectivity index is 2.03. The van der Waals surface area contributed by atoms with Gasteiger partial charge < -0.3 is 9.72 Å². The molecule has 0 amide bonds. The smallest absolute Gasteiger partial charge is 0.338 e. The number of rotatable bonds is 7. The van der Waals surface area contributed by atoms with Gasteiger partial charge in [0.2, 0.25) is 5.56 Å². The number of Topliss-reactive ketones (excluding diaryl/α,β-unsaturated/α-hetero) is 1. The standard InChI is InChI=1S/C23H19ClFNO4/c1-2-30-23(29)15-5-3-4-14(10-15)19(18-8-7-17(24)11-20(18)25)12-21(27)16-6-9-22(28)26-13-16/h3-11,13,19H,2,12H2,1H3,(H,26,28). The molecule has 0 fully saturated rings. The zero-order valence-electron chi connectivity index (χ0n) is 16.2. The van der Waals surface area contributed by atoms with E-state index in [0.717, 1.165) is 0 Å². The highest BCUT2D eigenvalue weighted by atomic mass is 35.5. The monoisotopic (exact) mass is 427 g/mol. The van der Waals surface area contributed by atoms with E-state index in [9.17, 15) is 18.8 Å². The van der Waals surface area contributed by atoms with Gasteiger partial charge in [0, 0.05) is 35.2 Å². The van der Waals surface area contributed by atoms with Gasteiger partial charge in [0.05, 0.1) is 12.2 Å². The highest BCUT2D eigenvalue weighted by Gasteiger charge is 2.23. The first kappa shape index (κ1) is 21.5. The number of hydrogen-bond acceptors (Lipinski definition) is 4. The summed E-state index contributed by atoms with van der Waals surface area (Å²) in [6.07, 6.45) is 1.26. The molecule has 1 N–H and O–H groups in total. The van der Waals surface area contributed by atoms with Crippen LogP contribution in [0.25, 0.3) is 0 Å². The van der Waals surface area contributed by atoms with Gasteiger partial charge in [0.15, 0.2) is 5.78 Å². The molecular formula is C23H19ClFNO4. The first-order chi connectivity index (χ1) is 14.4. The summed E-state index contributed by atoms with van der Waals surface area (Å²) < 4.78 is 19.8. The molecule has 0 aliphatic rings. The molecule has 1 aromatic heterocycles. The van der Waals surface area contributed by atoms with E-state index in [0.29, 0.717) is 16.7 Å². The van der Waals surface area contributed by atoms with Crippen molar-refractivity contribution in [1.29, 1.82) is 0 Å². The van der Waals surface area contributed by atoms with E-state index >= 15 is 0 Å². The third-order valence-electron chi connectivity index (χ3n) is 4.63. The molecule has 1 heterocycles. The van der Waals surface area contributed by atoms with Crippen LogP contribution in [0.15, 0.2) is 65.6 Å². The molecule has 0 radical (unpaired) electrons. The lowest BCUT2D eigenvalue weighted by Gasteiger charge is -2.19. The number of halogens is 2. The lowest BCUT2D eigenvalue weighted by atomic mass is 9.85. The summed E-state index contributed by atoms with van der Waals surface area (Å²) in [6.45, 7) is 1.93. The van der Waals surface area contributed by atoms with Crippen LogP contribution in [0.5, 0.6) is 0 Å². The maximum Gasteiger partial charge on any atom is 0.338 e. The zero-order valence-corrected chi connectivity index (χ0v) is 16.9. The van der Waals surface area contributed by atoms with E-state index in [2.05, 4.69) is 4.98 Å². The van der Waals surface area contributed by atoms with Gasteiger partial charge >= 0.3 is 5.97 Å². The van der Waals surface area contributed by atoms with E-state index < -0.39 is 17.7 Å². The zero-order chi connectivity index (χ0) is 21.7. The van der Waals surface area contributed by atoms with Crippen LogP contribution in [-0.2, 0) is 4.74 Å². The van der Waals surface area contributed by atoms with Gasteiger partial charge in [-0.1, -0.05) is 29.8 Å². The van der Waals surface area contributed by atoms with Gasteiger partial charge in [-0.15, -0.1) is 0 Å². The molecular weight excluding hydrogens is 409 g/mol. The normalized spacial score (nSPS) is 11.7. The third-order valence-corrected chi connectivity index (χ3v) is 4.87. The lowest BCUT2D eigenvalue weighted by Crippen LogP contribution is -2.13. The maximum absolute atomic E-state index is 14.7. The maximum atomic E-state index is 14.7. The van der Waals surface area contributed by atoms with Crippen LogP contribution in [0.4, 0.5) is 4.39 Å². The molecule has 30 heavy (non-hydrogen) atoms. The fourth-order valence-electron chi connectivity index (χ4n) is 3.18. The van der Waals surface area contributed by atoms with Crippen LogP contribution in [0, 0.1) is 5.82 Å². The number of hydrogen-bond donors (Lipinski definition) is 1. The van der Waals surface area contributed by atoms with E-state index in [4.69, 9.17) is 16.3 Å². The number of aromatic nitrogens is 1. The van der Waals surface area contributed by atoms with Crippen LogP contribution >= 0.6 is 11.6 Å². The Kier molecular flexibility index (Phi) is 6.79. The molecule has 0 saturated heterocycles. The Morgan fingerprint density at radius 3 is 2.57 bits per heavy atom. The highest BCUT2D eigenvalue weighted by molar-refractivity contribution is 6.30. The van der Waals surface area contributed by atoms with E-state index in [1.165, 1.54) is 30.5 Å². The average Bonchev–Trinajstić information content (AvgIpc) is 2.73. The van der Waals surface area contributed by atoms with Crippen molar-refractivity contribution in [3.63, 3.8) is 0 Å². The van der Waals surface area contributed by atoms with Crippen LogP contribution < -0.4 is 5.56 Å². The lowest BCUT2D eigenvalue weighted by molar-refractivity contribution is 0.0526. The quantitative estimate of drug-likeness (QED) is 0.436. The first-order valence-electron chi connectivity index (χ1n) is 9.33. The van der Waals surface area contributed by atoms with Crippen molar-refractivity contribution in [3.8, 4) is 0 Å². The summed E-state index contributed by atoms with van der Waals surface area (Å²) in [4.78, 5) is 38.7. The Morgan fingerprint density at radius 1 is 1.10 bits per heavy atom. The minimum atomic E-state index is -0.670. The summed E-state index contributed by atoms with van der Waals surface area (Å²) in [5.41, 5.74) is 1.15. The third kappa shape index (κ3) is 5.02. The Bertz CT molecular complexity index is 1120. The number of ether oxygens (including phenoxy) is 1. The molecule has 1 unspecified atom stereocenters. The number of carbonyl (C=O) groups is 2. The number of pyridine rings is 1. The largest absolute Gasteiger partial charge is 0.462 e. The number of H-pyrrole nitrogens is 1. The summed E-state index contributed by atoms with van der Waals surface area (Å²) in [6, 6.07) is 13.5. The van der Waals surface area contributed by atoms with Crippen molar-refractivity contribution in [2.75, 3.05) is 6.61 Å². The second kappa shape index (κ2) is 9.50. The highest BCUT2D eigenvalue weighted by Crippen LogP contribution is 2.33. The van der Waals surface area contributed by atoms with Gasteiger partial charge in [-0.05, 0) is 48.4 Å². The van der Waals surface area contributed by atoms with E-state index in [1.54, 1.807) is 37.3 Å². The van der Waals surface area contributed by atoms with Gasteiger partial charge in [0.25, 0.3) is 0 Å². The van der Waals surface area contributed by atoms with Gasteiger partial charge in [-0.3, -0.25) is 9.59 Å². The summed E-state index contributed by atoms with van der Waals surface area (Å²) >= 11 is 5.88. The molecule has 5 nitrogen and oxygen atoms in total. The number of carbonyl (C=O) groups excluding carboxylic acids is 2. The first-order valence-corrected chi connectivity index (χ1v) is 9.70. The second-order valence-corrected chi connectivity index (χ2v) is 7.07. The molecule has 3 aromatic rings. The fourth-order valence-corrected chi connectivity index (χ4v) is 3.33. The second-order valence-electron chi connectivity index (χ2n) is 6.63. The van der Waals surface area contributed by atoms with Gasteiger partial charge in [-0.2, -0.15) is 0 Å². The van der Waals surface area contributed by atoms with Gasteiger partial charge in [-0.25, -0.2) is 9.18 Å². The summed E-state index contributed by atoms with van der Waals surface area (Å²) in [5.74, 6) is -2.01. The van der Waals surface area contributed by atoms with Crippen molar-refractivity contribution in [3.05, 3.63) is 104 Å². The predicted molar refractivity (Wildman–Crippen MR) is 112 cm³/mol. The molecule has 154 valence electrons. The van der Waals surface area contributed by atoms with Crippen molar-refractivity contribution in [2.45, 2.75) is 19.3 Å². The summed E-state index contributed by atoms with van der Waals surface area (Å²) in [5, 5.41) is 0.238. The molecule has 0 spiro atoms. The summed E-state index contributed by atoms with van der Waals surface area (Å²) in [7, 11) is 0. The minimum absolute atomic E-state index is 0.0725. The van der Waals surface area contributed by atoms with Crippen LogP contribution in [0.3, 0.4) is 0 Å². The van der Waals surface area contributed by atoms with Crippen molar-refractivity contribution >= 4 is 23.4 Å². The van der Waals surface area contributed by atoms with Crippen LogP contribution in [0.1, 0.15) is 51.1 Å². The predicted octanol–water partition coefficient (Wildman–Crippen LogP) is 4.75. The Labute approximate surface area is 177 Å². The van der Waals surface area contributed by atoms with Crippen molar-refractivity contribution < 1.29 is 18.7 Å². The van der Waals surface area contributed by atoms with E-state index in [-0.39, 0.29) is 35.0 Å². The molecule has 0 aliphatic heterocycles. The average molecular weight is 428 g/mol. The minimum Gasteiger partial charge on any atom is -0.462 e. The molecule has 7 heteroatoms. The molecule has 0 aliphatic carbocycles. The topological polar surface area (TPSA) is 76.2 Å². The number of ketones is 1. The fraction of sp³-hybridized carbons (Fsp3) is 0.174. The number of aromatic amines is 1. The molecule has 3 rings (SSSR count). The number of esters is 1. The van der Waals surface area contributed by atoms with Crippen molar-refractivity contribution in [2.24, 2.45) is 0 Å². The molecule has 1 atom stereocenters. The Morgan fingerprint density at radius 2 is 1.90 bits per heavy atom. The van der Waals surface area contributed by atoms with E-state index in [1.807, 2.05) is 0 Å². The van der Waals surface area contributed by atoms with Crippen LogP contribution in [-0.4, -0.2) is 23.3 Å². The molecule has 0 saturated carbocycles. The SMILES string of the molecule is CCOC(=O)c1cccc(C(CC(=O)c2ccc(=O)[nH]c2)c2ccc(Cl)cc2F)c1. The number of nitrogens with one attached hydrogen (secondary N) is 1. The molecule has 2 aromatic carbocycles. The van der Waals surface area contributed by atoms with Crippen molar-refractivity contribution in [1.82, 2.24) is 4.98 Å². The van der Waals surface area contributed by atoms with Crippen LogP contribution in [0.2, 0.25) is 5.02 Å². The molecule has 0 bridgehead atoms. The number of benzene rings is 2.